The molecule has 3 rings (SSSR count). The number of benzene rings is 2. The fourth-order valence-electron chi connectivity index (χ4n) is 3.77. The SMILES string of the molecule is CCN(CCCOc1ccc2c(NCCCc3ccccc3)ncnc2c1)CCCC(=O)O. The number of aliphatic carboxylic acids is 1. The summed E-state index contributed by atoms with van der Waals surface area (Å²) < 4.78 is 5.94. The molecule has 0 aliphatic carbocycles. The lowest BCUT2D eigenvalue weighted by atomic mass is 10.1. The van der Waals surface area contributed by atoms with E-state index in [0.29, 0.717) is 13.0 Å². The molecule has 2 N–H and O–H groups in total. The number of aryl methyl sites for hydroxylation is 1. The minimum atomic E-state index is -0.736. The van der Waals surface area contributed by atoms with Gasteiger partial charge in [-0.15, -0.1) is 0 Å². The van der Waals surface area contributed by atoms with E-state index < -0.39 is 5.97 Å². The van der Waals surface area contributed by atoms with Gasteiger partial charge in [-0.05, 0) is 56.5 Å². The van der Waals surface area contributed by atoms with Gasteiger partial charge in [-0.2, -0.15) is 0 Å². The molecule has 7 heteroatoms. The van der Waals surface area contributed by atoms with Gasteiger partial charge in [0.05, 0.1) is 12.1 Å². The monoisotopic (exact) mass is 450 g/mol. The molecule has 0 aliphatic rings. The summed E-state index contributed by atoms with van der Waals surface area (Å²) in [6, 6.07) is 16.4. The quantitative estimate of drug-likeness (QED) is 0.326. The van der Waals surface area contributed by atoms with E-state index in [2.05, 4.69) is 51.4 Å². The van der Waals surface area contributed by atoms with Gasteiger partial charge in [0, 0.05) is 31.0 Å². The Kier molecular flexibility index (Phi) is 9.91. The van der Waals surface area contributed by atoms with Crippen LogP contribution in [0.25, 0.3) is 10.9 Å². The summed E-state index contributed by atoms with van der Waals surface area (Å²) in [6.07, 6.45) is 5.43. The molecule has 0 unspecified atom stereocenters. The predicted octanol–water partition coefficient (Wildman–Crippen LogP) is 4.63. The molecule has 0 bridgehead atoms. The Bertz CT molecular complexity index is 997. The van der Waals surface area contributed by atoms with Gasteiger partial charge in [-0.3, -0.25) is 4.79 Å². The van der Waals surface area contributed by atoms with Crippen LogP contribution in [0.4, 0.5) is 5.82 Å². The number of hydrogen-bond acceptors (Lipinski definition) is 6. The zero-order chi connectivity index (χ0) is 23.3. The number of rotatable bonds is 15. The van der Waals surface area contributed by atoms with Crippen molar-refractivity contribution in [3.8, 4) is 5.75 Å². The minimum absolute atomic E-state index is 0.218. The van der Waals surface area contributed by atoms with E-state index in [1.54, 1.807) is 6.33 Å². The number of hydrogen-bond donors (Lipinski definition) is 2. The highest BCUT2D eigenvalue weighted by atomic mass is 16.5. The van der Waals surface area contributed by atoms with E-state index >= 15 is 0 Å². The summed E-state index contributed by atoms with van der Waals surface area (Å²) in [7, 11) is 0. The molecule has 0 saturated carbocycles. The molecule has 33 heavy (non-hydrogen) atoms. The highest BCUT2D eigenvalue weighted by Crippen LogP contribution is 2.24. The average Bonchev–Trinajstić information content (AvgIpc) is 2.83. The van der Waals surface area contributed by atoms with Crippen molar-refractivity contribution < 1.29 is 14.6 Å². The molecular weight excluding hydrogens is 416 g/mol. The third-order valence-corrected chi connectivity index (χ3v) is 5.59. The topological polar surface area (TPSA) is 87.6 Å². The van der Waals surface area contributed by atoms with Crippen molar-refractivity contribution in [2.45, 2.75) is 39.0 Å². The first-order valence-corrected chi connectivity index (χ1v) is 11.7. The van der Waals surface area contributed by atoms with E-state index in [0.717, 1.165) is 67.9 Å². The van der Waals surface area contributed by atoms with Crippen LogP contribution in [0.1, 0.15) is 38.2 Å². The number of fused-ring (bicyclic) bond motifs is 1. The van der Waals surface area contributed by atoms with Crippen molar-refractivity contribution in [1.82, 2.24) is 14.9 Å². The van der Waals surface area contributed by atoms with Crippen LogP contribution in [-0.4, -0.2) is 58.7 Å². The van der Waals surface area contributed by atoms with Crippen LogP contribution in [-0.2, 0) is 11.2 Å². The van der Waals surface area contributed by atoms with Crippen molar-refractivity contribution in [1.29, 1.82) is 0 Å². The van der Waals surface area contributed by atoms with Crippen LogP contribution in [0.3, 0.4) is 0 Å². The molecular formula is C26H34N4O3. The summed E-state index contributed by atoms with van der Waals surface area (Å²) in [4.78, 5) is 21.8. The molecule has 7 nitrogen and oxygen atoms in total. The molecule has 1 heterocycles. The van der Waals surface area contributed by atoms with Gasteiger partial charge in [0.15, 0.2) is 0 Å². The van der Waals surface area contributed by atoms with Gasteiger partial charge in [-0.1, -0.05) is 37.3 Å². The van der Waals surface area contributed by atoms with Crippen LogP contribution in [0.15, 0.2) is 54.9 Å². The molecule has 3 aromatic rings. The first-order chi connectivity index (χ1) is 16.2. The van der Waals surface area contributed by atoms with E-state index in [-0.39, 0.29) is 6.42 Å². The van der Waals surface area contributed by atoms with Gasteiger partial charge in [-0.25, -0.2) is 9.97 Å². The lowest BCUT2D eigenvalue weighted by molar-refractivity contribution is -0.137. The van der Waals surface area contributed by atoms with E-state index in [1.165, 1.54) is 5.56 Å². The fraction of sp³-hybridized carbons (Fsp3) is 0.423. The molecule has 1 aromatic heterocycles. The second-order valence-corrected chi connectivity index (χ2v) is 8.05. The van der Waals surface area contributed by atoms with Crippen molar-refractivity contribution in [3.63, 3.8) is 0 Å². The second-order valence-electron chi connectivity index (χ2n) is 8.05. The number of ether oxygens (including phenoxy) is 1. The maximum absolute atomic E-state index is 10.7. The normalized spacial score (nSPS) is 11.1. The molecule has 0 spiro atoms. The Balaban J connectivity index is 1.44. The summed E-state index contributed by atoms with van der Waals surface area (Å²) in [5.74, 6) is 0.907. The van der Waals surface area contributed by atoms with Gasteiger partial charge in [0.1, 0.15) is 17.9 Å². The van der Waals surface area contributed by atoms with Crippen LogP contribution in [0.2, 0.25) is 0 Å². The van der Waals surface area contributed by atoms with E-state index in [9.17, 15) is 4.79 Å². The standard InChI is InChI=1S/C26H34N4O3/c1-2-30(16-7-12-25(31)32)17-8-18-33-22-13-14-23-24(19-22)28-20-29-26(23)27-15-6-11-21-9-4-3-5-10-21/h3-5,9-10,13-14,19-20H,2,6-8,11-12,15-18H2,1H3,(H,31,32)(H,27,28,29). The third-order valence-electron chi connectivity index (χ3n) is 5.59. The summed E-state index contributed by atoms with van der Waals surface area (Å²) in [6.45, 7) is 6.15. The third kappa shape index (κ3) is 8.35. The Morgan fingerprint density at radius 2 is 1.88 bits per heavy atom. The summed E-state index contributed by atoms with van der Waals surface area (Å²) in [5, 5.41) is 13.2. The number of carbonyl (C=O) groups is 1. The smallest absolute Gasteiger partial charge is 0.303 e. The Morgan fingerprint density at radius 3 is 2.67 bits per heavy atom. The predicted molar refractivity (Wildman–Crippen MR) is 132 cm³/mol. The van der Waals surface area contributed by atoms with Gasteiger partial charge < -0.3 is 20.1 Å². The molecule has 0 atom stereocenters. The Morgan fingerprint density at radius 1 is 1.06 bits per heavy atom. The second kappa shape index (κ2) is 13.4. The van der Waals surface area contributed by atoms with Crippen LogP contribution < -0.4 is 10.1 Å². The van der Waals surface area contributed by atoms with Gasteiger partial charge in [0.25, 0.3) is 0 Å². The lowest BCUT2D eigenvalue weighted by Crippen LogP contribution is -2.27. The van der Waals surface area contributed by atoms with Crippen LogP contribution >= 0.6 is 0 Å². The number of nitrogens with zero attached hydrogens (tertiary/aromatic N) is 3. The number of carboxylic acids is 1. The van der Waals surface area contributed by atoms with Crippen LogP contribution in [0.5, 0.6) is 5.75 Å². The number of aromatic nitrogens is 2. The van der Waals surface area contributed by atoms with Crippen molar-refractivity contribution in [3.05, 3.63) is 60.4 Å². The van der Waals surface area contributed by atoms with Crippen LogP contribution in [0, 0.1) is 0 Å². The van der Waals surface area contributed by atoms with Gasteiger partial charge >= 0.3 is 5.97 Å². The Hall–Kier alpha value is -3.19. The first-order valence-electron chi connectivity index (χ1n) is 11.7. The van der Waals surface area contributed by atoms with Crippen molar-refractivity contribution >= 4 is 22.7 Å². The highest BCUT2D eigenvalue weighted by molar-refractivity contribution is 5.89. The summed E-state index contributed by atoms with van der Waals surface area (Å²) in [5.41, 5.74) is 2.20. The zero-order valence-electron chi connectivity index (χ0n) is 19.4. The molecule has 0 aliphatic heterocycles. The maximum Gasteiger partial charge on any atom is 0.303 e. The number of anilines is 1. The Labute approximate surface area is 195 Å². The van der Waals surface area contributed by atoms with E-state index in [4.69, 9.17) is 9.84 Å². The summed E-state index contributed by atoms with van der Waals surface area (Å²) >= 11 is 0. The molecule has 176 valence electrons. The largest absolute Gasteiger partial charge is 0.493 e. The molecule has 2 aromatic carbocycles. The molecule has 0 amide bonds. The number of nitrogens with one attached hydrogen (secondary N) is 1. The number of carboxylic acid groups (broad SMARTS) is 1. The lowest BCUT2D eigenvalue weighted by Gasteiger charge is -2.19. The van der Waals surface area contributed by atoms with E-state index in [1.807, 2.05) is 24.3 Å². The molecule has 0 fully saturated rings. The molecule has 0 saturated heterocycles. The fourth-order valence-corrected chi connectivity index (χ4v) is 3.77. The van der Waals surface area contributed by atoms with Crippen molar-refractivity contribution in [2.75, 3.05) is 38.1 Å². The zero-order valence-corrected chi connectivity index (χ0v) is 19.4. The molecule has 0 radical (unpaired) electrons. The average molecular weight is 451 g/mol. The minimum Gasteiger partial charge on any atom is -0.493 e. The van der Waals surface area contributed by atoms with Crippen molar-refractivity contribution in [2.24, 2.45) is 0 Å². The van der Waals surface area contributed by atoms with Gasteiger partial charge in [0.2, 0.25) is 0 Å². The highest BCUT2D eigenvalue weighted by Gasteiger charge is 2.07. The first kappa shape index (κ1) is 24.5. The maximum atomic E-state index is 10.7.